The van der Waals surface area contributed by atoms with Crippen LogP contribution < -0.4 is 0 Å². The summed E-state index contributed by atoms with van der Waals surface area (Å²) in [5, 5.41) is 2.21. The van der Waals surface area contributed by atoms with Crippen LogP contribution in [-0.4, -0.2) is 25.3 Å². The minimum atomic E-state index is -0.357. The van der Waals surface area contributed by atoms with Crippen LogP contribution in [-0.2, 0) is 9.47 Å². The Hall–Kier alpha value is -1.71. The molecule has 2 aromatic rings. The van der Waals surface area contributed by atoms with Crippen molar-refractivity contribution in [3.05, 3.63) is 48.0 Å². The number of ether oxygens (including phenoxy) is 2. The van der Waals surface area contributed by atoms with Gasteiger partial charge in [0.05, 0.1) is 6.61 Å². The maximum absolute atomic E-state index is 12.4. The number of benzene rings is 2. The summed E-state index contributed by atoms with van der Waals surface area (Å²) in [5.41, 5.74) is 1.09. The lowest BCUT2D eigenvalue weighted by atomic mass is 9.70. The van der Waals surface area contributed by atoms with Crippen LogP contribution in [0, 0.1) is 17.3 Å². The van der Waals surface area contributed by atoms with E-state index < -0.39 is 0 Å². The molecular weight excluding hydrogens is 348 g/mol. The van der Waals surface area contributed by atoms with Crippen molar-refractivity contribution < 1.29 is 14.3 Å². The smallest absolute Gasteiger partial charge is 0.188 e. The Labute approximate surface area is 169 Å². The second-order valence-electron chi connectivity index (χ2n) is 9.28. The molecule has 0 spiro atoms. The molecule has 1 aliphatic rings. The van der Waals surface area contributed by atoms with Crippen molar-refractivity contribution in [2.45, 2.75) is 59.7 Å². The summed E-state index contributed by atoms with van der Waals surface area (Å²) in [5.74, 6) is 1.42. The molecule has 3 heteroatoms. The van der Waals surface area contributed by atoms with Crippen LogP contribution in [0.3, 0.4) is 0 Å². The molecular formula is C25H34O3. The summed E-state index contributed by atoms with van der Waals surface area (Å²) >= 11 is 0. The average Bonchev–Trinajstić information content (AvgIpc) is 2.69. The first kappa shape index (κ1) is 21.0. The zero-order valence-corrected chi connectivity index (χ0v) is 17.7. The van der Waals surface area contributed by atoms with Crippen molar-refractivity contribution in [2.24, 2.45) is 17.3 Å². The van der Waals surface area contributed by atoms with Gasteiger partial charge in [-0.25, -0.2) is 0 Å². The van der Waals surface area contributed by atoms with Crippen molar-refractivity contribution in [1.29, 1.82) is 0 Å². The van der Waals surface area contributed by atoms with Crippen molar-refractivity contribution in [3.63, 3.8) is 0 Å². The number of hydrogen-bond acceptors (Lipinski definition) is 3. The lowest BCUT2D eigenvalue weighted by molar-refractivity contribution is -0.134. The molecule has 0 heterocycles. The van der Waals surface area contributed by atoms with Gasteiger partial charge in [0.25, 0.3) is 0 Å². The molecule has 1 atom stereocenters. The van der Waals surface area contributed by atoms with Gasteiger partial charge >= 0.3 is 0 Å². The predicted molar refractivity (Wildman–Crippen MR) is 115 cm³/mol. The van der Waals surface area contributed by atoms with Gasteiger partial charge in [-0.15, -0.1) is 0 Å². The van der Waals surface area contributed by atoms with E-state index in [1.807, 2.05) is 49.4 Å². The molecule has 0 aliphatic heterocycles. The minimum Gasteiger partial charge on any atom is -0.353 e. The van der Waals surface area contributed by atoms with Crippen molar-refractivity contribution in [3.8, 4) is 0 Å². The highest BCUT2D eigenvalue weighted by atomic mass is 16.7. The fourth-order valence-corrected chi connectivity index (χ4v) is 4.15. The molecule has 1 saturated carbocycles. The topological polar surface area (TPSA) is 35.5 Å². The van der Waals surface area contributed by atoms with Gasteiger partial charge in [0.2, 0.25) is 0 Å². The monoisotopic (exact) mass is 382 g/mol. The molecule has 0 amide bonds. The van der Waals surface area contributed by atoms with E-state index in [9.17, 15) is 4.79 Å². The highest BCUT2D eigenvalue weighted by Crippen LogP contribution is 2.39. The van der Waals surface area contributed by atoms with E-state index in [0.717, 1.165) is 23.3 Å². The SMILES string of the molecule is CC(OCC(=O)c1ccc2ccccc2c1)OCC1CCC(C(C)(C)C)CC1. The van der Waals surface area contributed by atoms with Gasteiger partial charge < -0.3 is 9.47 Å². The highest BCUT2D eigenvalue weighted by molar-refractivity contribution is 6.00. The number of carbonyl (C=O) groups is 1. The maximum atomic E-state index is 12.4. The second-order valence-corrected chi connectivity index (χ2v) is 9.28. The molecule has 0 radical (unpaired) electrons. The zero-order valence-electron chi connectivity index (χ0n) is 17.7. The minimum absolute atomic E-state index is 0.00751. The van der Waals surface area contributed by atoms with Crippen molar-refractivity contribution in [1.82, 2.24) is 0 Å². The second kappa shape index (κ2) is 9.19. The van der Waals surface area contributed by atoms with E-state index >= 15 is 0 Å². The van der Waals surface area contributed by atoms with Crippen LogP contribution in [0.2, 0.25) is 0 Å². The highest BCUT2D eigenvalue weighted by Gasteiger charge is 2.29. The molecule has 2 aromatic carbocycles. The predicted octanol–water partition coefficient (Wildman–Crippen LogP) is 6.25. The number of rotatable bonds is 7. The Morgan fingerprint density at radius 2 is 1.68 bits per heavy atom. The molecule has 1 aliphatic carbocycles. The lowest BCUT2D eigenvalue weighted by Crippen LogP contribution is -2.28. The van der Waals surface area contributed by atoms with Gasteiger partial charge in [0.15, 0.2) is 12.1 Å². The van der Waals surface area contributed by atoms with E-state index in [-0.39, 0.29) is 18.7 Å². The third-order valence-corrected chi connectivity index (χ3v) is 6.16. The number of hydrogen-bond donors (Lipinski definition) is 0. The Balaban J connectivity index is 1.40. The largest absolute Gasteiger partial charge is 0.353 e. The molecule has 3 nitrogen and oxygen atoms in total. The molecule has 0 bridgehead atoms. The molecule has 0 saturated heterocycles. The molecule has 1 unspecified atom stereocenters. The Morgan fingerprint density at radius 1 is 1.00 bits per heavy atom. The third kappa shape index (κ3) is 5.65. The van der Waals surface area contributed by atoms with Gasteiger partial charge in [0, 0.05) is 5.56 Å². The normalized spacial score (nSPS) is 21.6. The van der Waals surface area contributed by atoms with Gasteiger partial charge in [-0.05, 0) is 66.7 Å². The fraction of sp³-hybridized carbons (Fsp3) is 0.560. The quantitative estimate of drug-likeness (QED) is 0.419. The first-order valence-corrected chi connectivity index (χ1v) is 10.6. The number of fused-ring (bicyclic) bond motifs is 1. The van der Waals surface area contributed by atoms with Gasteiger partial charge in [-0.2, -0.15) is 0 Å². The third-order valence-electron chi connectivity index (χ3n) is 6.16. The fourth-order valence-electron chi connectivity index (χ4n) is 4.15. The molecule has 0 N–H and O–H groups in total. The first-order chi connectivity index (χ1) is 13.3. The molecule has 1 fully saturated rings. The van der Waals surface area contributed by atoms with Crippen LogP contribution >= 0.6 is 0 Å². The Bertz CT molecular complexity index is 782. The van der Waals surface area contributed by atoms with Crippen LogP contribution in [0.15, 0.2) is 42.5 Å². The average molecular weight is 383 g/mol. The Kier molecular flexibility index (Phi) is 6.90. The van der Waals surface area contributed by atoms with Gasteiger partial charge in [-0.3, -0.25) is 4.79 Å². The lowest BCUT2D eigenvalue weighted by Gasteiger charge is -2.37. The van der Waals surface area contributed by atoms with Crippen molar-refractivity contribution in [2.75, 3.05) is 13.2 Å². The van der Waals surface area contributed by atoms with Crippen LogP contribution in [0.4, 0.5) is 0 Å². The van der Waals surface area contributed by atoms with E-state index in [4.69, 9.17) is 9.47 Å². The van der Waals surface area contributed by atoms with E-state index in [0.29, 0.717) is 16.9 Å². The summed E-state index contributed by atoms with van der Waals surface area (Å²) in [6.45, 7) is 9.69. The van der Waals surface area contributed by atoms with Gasteiger partial charge in [-0.1, -0.05) is 57.2 Å². The number of carbonyl (C=O) groups excluding carboxylic acids is 1. The molecule has 3 rings (SSSR count). The number of ketones is 1. The molecule has 152 valence electrons. The van der Waals surface area contributed by atoms with E-state index in [1.54, 1.807) is 0 Å². The van der Waals surface area contributed by atoms with Crippen molar-refractivity contribution >= 4 is 16.6 Å². The first-order valence-electron chi connectivity index (χ1n) is 10.6. The maximum Gasteiger partial charge on any atom is 0.188 e. The van der Waals surface area contributed by atoms with Crippen LogP contribution in [0.25, 0.3) is 10.8 Å². The summed E-state index contributed by atoms with van der Waals surface area (Å²) in [6.07, 6.45) is 4.67. The van der Waals surface area contributed by atoms with Crippen LogP contribution in [0.5, 0.6) is 0 Å². The summed E-state index contributed by atoms with van der Waals surface area (Å²) in [7, 11) is 0. The molecule has 0 aromatic heterocycles. The molecule has 28 heavy (non-hydrogen) atoms. The van der Waals surface area contributed by atoms with E-state index in [1.165, 1.54) is 25.7 Å². The number of Topliss-reactive ketones (excluding diaryl/α,β-unsaturated/α-hetero) is 1. The van der Waals surface area contributed by atoms with Gasteiger partial charge in [0.1, 0.15) is 6.61 Å². The van der Waals surface area contributed by atoms with Crippen LogP contribution in [0.1, 0.15) is 63.7 Å². The summed E-state index contributed by atoms with van der Waals surface area (Å²) in [6, 6.07) is 13.8. The van der Waals surface area contributed by atoms with E-state index in [2.05, 4.69) is 20.8 Å². The zero-order chi connectivity index (χ0) is 20.1. The standard InChI is InChI=1S/C25H34O3/c1-18(27-16-19-9-13-23(14-10-19)25(2,3)4)28-17-24(26)22-12-11-20-7-5-6-8-21(20)15-22/h5-8,11-12,15,18-19,23H,9-10,13-14,16-17H2,1-4H3. The summed E-state index contributed by atoms with van der Waals surface area (Å²) in [4.78, 5) is 12.4. The Morgan fingerprint density at radius 3 is 2.36 bits per heavy atom. The summed E-state index contributed by atoms with van der Waals surface area (Å²) < 4.78 is 11.5.